The van der Waals surface area contributed by atoms with Crippen LogP contribution >= 0.6 is 27.3 Å². The molecule has 2 aromatic carbocycles. The fourth-order valence-electron chi connectivity index (χ4n) is 2.35. The van der Waals surface area contributed by atoms with E-state index in [0.717, 1.165) is 15.0 Å². The second-order valence-electron chi connectivity index (χ2n) is 5.59. The number of carbonyl (C=O) groups excluding carboxylic acids is 1. The molecule has 0 aliphatic carbocycles. The number of hydrogen-bond acceptors (Lipinski definition) is 5. The molecule has 3 rings (SSSR count). The Morgan fingerprint density at radius 3 is 2.81 bits per heavy atom. The van der Waals surface area contributed by atoms with Crippen LogP contribution in [0.3, 0.4) is 0 Å². The summed E-state index contributed by atoms with van der Waals surface area (Å²) in [5.41, 5.74) is 4.83. The molecule has 1 heterocycles. The predicted octanol–water partition coefficient (Wildman–Crippen LogP) is 4.27. The van der Waals surface area contributed by atoms with Gasteiger partial charge in [0.15, 0.2) is 0 Å². The molecule has 26 heavy (non-hydrogen) atoms. The number of aromatic nitrogens is 1. The van der Waals surface area contributed by atoms with Crippen LogP contribution in [0, 0.1) is 6.92 Å². The molecule has 2 N–H and O–H groups in total. The van der Waals surface area contributed by atoms with E-state index in [0.29, 0.717) is 22.6 Å². The normalized spacial score (nSPS) is 11.0. The molecule has 132 valence electrons. The van der Waals surface area contributed by atoms with Crippen molar-refractivity contribution in [1.29, 1.82) is 0 Å². The third-order valence-corrected chi connectivity index (χ3v) is 5.26. The van der Waals surface area contributed by atoms with Crippen molar-refractivity contribution in [3.8, 4) is 5.75 Å². The molecule has 0 fully saturated rings. The first kappa shape index (κ1) is 18.3. The van der Waals surface area contributed by atoms with Crippen molar-refractivity contribution in [3.63, 3.8) is 0 Å². The molecule has 0 radical (unpaired) electrons. The molecule has 0 bridgehead atoms. The van der Waals surface area contributed by atoms with Crippen LogP contribution in [-0.2, 0) is 6.42 Å². The number of nitrogens with zero attached hydrogens (tertiary/aromatic N) is 2. The maximum Gasteiger partial charge on any atom is 0.283 e. The minimum absolute atomic E-state index is 0.0801. The third kappa shape index (κ3) is 4.56. The van der Waals surface area contributed by atoms with Gasteiger partial charge >= 0.3 is 0 Å². The first-order valence-corrected chi connectivity index (χ1v) is 9.46. The van der Waals surface area contributed by atoms with E-state index in [4.69, 9.17) is 0 Å². The van der Waals surface area contributed by atoms with Gasteiger partial charge in [0.05, 0.1) is 16.9 Å². The molecule has 0 unspecified atom stereocenters. The maximum atomic E-state index is 12.3. The van der Waals surface area contributed by atoms with Crippen LogP contribution in [0.5, 0.6) is 5.75 Å². The Labute approximate surface area is 163 Å². The van der Waals surface area contributed by atoms with E-state index in [9.17, 15) is 9.90 Å². The van der Waals surface area contributed by atoms with Crippen LogP contribution in [0.4, 0.5) is 0 Å². The van der Waals surface area contributed by atoms with Crippen molar-refractivity contribution in [1.82, 2.24) is 10.4 Å². The summed E-state index contributed by atoms with van der Waals surface area (Å²) in [6.45, 7) is 1.81. The van der Waals surface area contributed by atoms with Crippen LogP contribution in [0.15, 0.2) is 58.1 Å². The fourth-order valence-corrected chi connectivity index (χ4v) is 3.68. The number of phenolic OH excluding ortho intramolecular Hbond substituents is 1. The van der Waals surface area contributed by atoms with Crippen LogP contribution < -0.4 is 5.43 Å². The minimum Gasteiger partial charge on any atom is -0.507 e. The van der Waals surface area contributed by atoms with E-state index >= 15 is 0 Å². The molecule has 5 nitrogen and oxygen atoms in total. The van der Waals surface area contributed by atoms with Crippen LogP contribution in [0.25, 0.3) is 0 Å². The molecule has 0 saturated heterocycles. The second-order valence-corrected chi connectivity index (χ2v) is 7.59. The van der Waals surface area contributed by atoms with Crippen LogP contribution in [0.2, 0.25) is 0 Å². The van der Waals surface area contributed by atoms with Gasteiger partial charge in [-0.1, -0.05) is 46.3 Å². The predicted molar refractivity (Wildman–Crippen MR) is 107 cm³/mol. The number of amides is 1. The molecule has 0 spiro atoms. The fraction of sp³-hybridized carbons (Fsp3) is 0.105. The number of rotatable bonds is 5. The highest BCUT2D eigenvalue weighted by molar-refractivity contribution is 9.10. The van der Waals surface area contributed by atoms with Crippen molar-refractivity contribution in [2.24, 2.45) is 5.10 Å². The number of hydrazone groups is 1. The summed E-state index contributed by atoms with van der Waals surface area (Å²) in [7, 11) is 0. The number of benzene rings is 2. The van der Waals surface area contributed by atoms with E-state index in [1.54, 1.807) is 18.2 Å². The van der Waals surface area contributed by atoms with Gasteiger partial charge in [-0.3, -0.25) is 4.79 Å². The topological polar surface area (TPSA) is 74.6 Å². The largest absolute Gasteiger partial charge is 0.507 e. The zero-order valence-electron chi connectivity index (χ0n) is 13.9. The third-order valence-electron chi connectivity index (χ3n) is 3.61. The number of aromatic hydroxyl groups is 1. The Morgan fingerprint density at radius 1 is 1.31 bits per heavy atom. The van der Waals surface area contributed by atoms with Gasteiger partial charge in [0.25, 0.3) is 5.91 Å². The van der Waals surface area contributed by atoms with Crippen molar-refractivity contribution in [2.75, 3.05) is 0 Å². The summed E-state index contributed by atoms with van der Waals surface area (Å²) in [5.74, 6) is -0.233. The van der Waals surface area contributed by atoms with E-state index < -0.39 is 0 Å². The molecule has 0 saturated carbocycles. The zero-order chi connectivity index (χ0) is 18.5. The average Bonchev–Trinajstić information content (AvgIpc) is 2.98. The highest BCUT2D eigenvalue weighted by Crippen LogP contribution is 2.22. The summed E-state index contributed by atoms with van der Waals surface area (Å²) >= 11 is 4.63. The van der Waals surface area contributed by atoms with Gasteiger partial charge in [-0.2, -0.15) is 5.10 Å². The molecule has 1 amide bonds. The highest BCUT2D eigenvalue weighted by Gasteiger charge is 2.15. The number of phenols is 1. The standard InChI is InChI=1S/C19H16BrN3O2S/c1-12-18(26-17(22-12)9-13-5-3-2-4-6-13)19(25)23-21-11-14-7-8-15(20)10-16(14)24/h2-8,10-11,24H,9H2,1H3,(H,23,25)/b21-11+. The van der Waals surface area contributed by atoms with Gasteiger partial charge in [0.2, 0.25) is 0 Å². The molecule has 1 aromatic heterocycles. The summed E-state index contributed by atoms with van der Waals surface area (Å²) in [4.78, 5) is 17.3. The molecule has 0 aliphatic heterocycles. The smallest absolute Gasteiger partial charge is 0.283 e. The Balaban J connectivity index is 1.67. The number of aryl methyl sites for hydroxylation is 1. The molecule has 0 aliphatic rings. The van der Waals surface area contributed by atoms with Crippen molar-refractivity contribution < 1.29 is 9.90 Å². The Morgan fingerprint density at radius 2 is 2.08 bits per heavy atom. The minimum atomic E-state index is -0.313. The summed E-state index contributed by atoms with van der Waals surface area (Å²) in [6.07, 6.45) is 2.09. The summed E-state index contributed by atoms with van der Waals surface area (Å²) in [6, 6.07) is 15.0. The summed E-state index contributed by atoms with van der Waals surface area (Å²) in [5, 5.41) is 14.6. The first-order chi connectivity index (χ1) is 12.5. The van der Waals surface area contributed by atoms with Crippen LogP contribution in [0.1, 0.15) is 31.5 Å². The van der Waals surface area contributed by atoms with E-state index in [1.165, 1.54) is 17.6 Å². The number of carbonyl (C=O) groups is 1. The van der Waals surface area contributed by atoms with E-state index in [-0.39, 0.29) is 11.7 Å². The van der Waals surface area contributed by atoms with Gasteiger partial charge in [0.1, 0.15) is 10.6 Å². The van der Waals surface area contributed by atoms with Crippen molar-refractivity contribution in [2.45, 2.75) is 13.3 Å². The number of nitrogens with one attached hydrogen (secondary N) is 1. The number of thiazole rings is 1. The Kier molecular flexibility index (Phi) is 5.80. The number of halogens is 1. The van der Waals surface area contributed by atoms with Gasteiger partial charge in [-0.25, -0.2) is 10.4 Å². The molecule has 7 heteroatoms. The lowest BCUT2D eigenvalue weighted by Gasteiger charge is -2.00. The highest BCUT2D eigenvalue weighted by atomic mass is 79.9. The molecular formula is C19H16BrN3O2S. The summed E-state index contributed by atoms with van der Waals surface area (Å²) < 4.78 is 0.766. The maximum absolute atomic E-state index is 12.3. The molecular weight excluding hydrogens is 414 g/mol. The molecule has 0 atom stereocenters. The van der Waals surface area contributed by atoms with E-state index in [1.807, 2.05) is 37.3 Å². The lowest BCUT2D eigenvalue weighted by molar-refractivity contribution is 0.0958. The van der Waals surface area contributed by atoms with Gasteiger partial charge in [-0.15, -0.1) is 11.3 Å². The van der Waals surface area contributed by atoms with Gasteiger partial charge < -0.3 is 5.11 Å². The monoisotopic (exact) mass is 429 g/mol. The number of hydrogen-bond donors (Lipinski definition) is 2. The van der Waals surface area contributed by atoms with Gasteiger partial charge in [0, 0.05) is 16.5 Å². The first-order valence-electron chi connectivity index (χ1n) is 7.85. The SMILES string of the molecule is Cc1nc(Cc2ccccc2)sc1C(=O)N/N=C/c1ccc(Br)cc1O. The lowest BCUT2D eigenvalue weighted by Crippen LogP contribution is -2.17. The quantitative estimate of drug-likeness (QED) is 0.469. The Bertz CT molecular complexity index is 955. The van der Waals surface area contributed by atoms with Crippen molar-refractivity contribution >= 4 is 39.4 Å². The van der Waals surface area contributed by atoms with Crippen molar-refractivity contribution in [3.05, 3.63) is 79.7 Å². The van der Waals surface area contributed by atoms with E-state index in [2.05, 4.69) is 31.4 Å². The Hall–Kier alpha value is -2.51. The van der Waals surface area contributed by atoms with Gasteiger partial charge in [-0.05, 0) is 30.7 Å². The zero-order valence-corrected chi connectivity index (χ0v) is 16.3. The van der Waals surface area contributed by atoms with Crippen LogP contribution in [-0.4, -0.2) is 22.2 Å². The second kappa shape index (κ2) is 8.25. The lowest BCUT2D eigenvalue weighted by atomic mass is 10.2. The average molecular weight is 430 g/mol. The molecule has 3 aromatic rings.